The highest BCUT2D eigenvalue weighted by Gasteiger charge is 2.32. The average molecular weight is 657 g/mol. The van der Waals surface area contributed by atoms with Gasteiger partial charge in [-0.05, 0) is 68.1 Å². The molecule has 0 saturated carbocycles. The van der Waals surface area contributed by atoms with Crippen molar-refractivity contribution in [2.75, 3.05) is 60.5 Å². The van der Waals surface area contributed by atoms with Crippen LogP contribution in [0.3, 0.4) is 0 Å². The van der Waals surface area contributed by atoms with Crippen molar-refractivity contribution < 1.29 is 14.4 Å². The predicted molar refractivity (Wildman–Crippen MR) is 170 cm³/mol. The molecule has 2 heterocycles. The van der Waals surface area contributed by atoms with Crippen LogP contribution in [0.25, 0.3) is 0 Å². The van der Waals surface area contributed by atoms with E-state index >= 15 is 0 Å². The van der Waals surface area contributed by atoms with Crippen molar-refractivity contribution in [2.24, 2.45) is 5.16 Å². The summed E-state index contributed by atoms with van der Waals surface area (Å²) in [5.41, 5.74) is 2.00. The smallest absolute Gasteiger partial charge is 0.319 e. The first-order valence-electron chi connectivity index (χ1n) is 14.1. The second-order valence-corrected chi connectivity index (χ2v) is 12.6. The highest BCUT2D eigenvalue weighted by Crippen LogP contribution is 2.31. The van der Waals surface area contributed by atoms with Gasteiger partial charge in [0.15, 0.2) is 0 Å². The summed E-state index contributed by atoms with van der Waals surface area (Å²) in [6.07, 6.45) is 3.61. The fraction of sp³-hybridized carbons (Fsp3) is 0.500. The zero-order valence-corrected chi connectivity index (χ0v) is 27.2. The lowest BCUT2D eigenvalue weighted by atomic mass is 9.89. The molecule has 0 radical (unpaired) electrons. The lowest BCUT2D eigenvalue weighted by Gasteiger charge is -2.42. The number of likely N-dealkylation sites (tertiary alicyclic amines) is 1. The van der Waals surface area contributed by atoms with Crippen molar-refractivity contribution in [1.82, 2.24) is 19.6 Å². The first-order chi connectivity index (χ1) is 20.1. The summed E-state index contributed by atoms with van der Waals surface area (Å²) in [7, 11) is 5.08. The summed E-state index contributed by atoms with van der Waals surface area (Å²) < 4.78 is 0. The zero-order chi connectivity index (χ0) is 30.4. The van der Waals surface area contributed by atoms with Crippen molar-refractivity contribution in [3.05, 3.63) is 67.6 Å². The van der Waals surface area contributed by atoms with Gasteiger partial charge < -0.3 is 24.4 Å². The molecular formula is C30H37Cl4N5O3. The number of nitrogens with zero attached hydrogens (tertiary/aromatic N) is 5. The molecule has 1 atom stereocenters. The Morgan fingerprint density at radius 1 is 1.02 bits per heavy atom. The van der Waals surface area contributed by atoms with Gasteiger partial charge in [-0.2, -0.15) is 0 Å². The first-order valence-corrected chi connectivity index (χ1v) is 15.6. The standard InChI is InChI=1S/C30H37Cl4N5O3/c1-36-10-4-11-39(30(36)41)24-7-12-38(13-8-24)14-9-25(20-5-6-26(33)27(34)17-20)28(35-42-3)19-37(2)29(40)21-15-22(31)18-23(32)16-21/h5-6,15-18,24-25H,4,7-14,19H2,1-3H3/b35-28-/t25-/m1/s1. The Balaban J connectivity index is 1.48. The van der Waals surface area contributed by atoms with E-state index in [0.717, 1.165) is 64.0 Å². The molecule has 2 fully saturated rings. The maximum absolute atomic E-state index is 13.3. The maximum atomic E-state index is 13.3. The molecule has 42 heavy (non-hydrogen) atoms. The lowest BCUT2D eigenvalue weighted by Crippen LogP contribution is -2.54. The third-order valence-corrected chi connectivity index (χ3v) is 9.18. The van der Waals surface area contributed by atoms with Gasteiger partial charge in [0.1, 0.15) is 7.11 Å². The molecule has 0 unspecified atom stereocenters. The Bertz CT molecular complexity index is 1280. The van der Waals surface area contributed by atoms with Crippen molar-refractivity contribution in [3.8, 4) is 0 Å². The number of hydrogen-bond acceptors (Lipinski definition) is 5. The fourth-order valence-electron chi connectivity index (χ4n) is 5.78. The summed E-state index contributed by atoms with van der Waals surface area (Å²) in [5, 5.41) is 6.08. The topological polar surface area (TPSA) is 68.7 Å². The van der Waals surface area contributed by atoms with E-state index in [2.05, 4.69) is 10.1 Å². The lowest BCUT2D eigenvalue weighted by molar-refractivity contribution is 0.0812. The first kappa shape index (κ1) is 32.7. The van der Waals surface area contributed by atoms with E-state index in [1.54, 1.807) is 36.2 Å². The van der Waals surface area contributed by atoms with Gasteiger partial charge in [-0.3, -0.25) is 4.79 Å². The normalized spacial score (nSPS) is 17.9. The van der Waals surface area contributed by atoms with E-state index in [9.17, 15) is 9.59 Å². The van der Waals surface area contributed by atoms with Crippen LogP contribution in [0.5, 0.6) is 0 Å². The summed E-state index contributed by atoms with van der Waals surface area (Å²) in [4.78, 5) is 39.1. The largest absolute Gasteiger partial charge is 0.399 e. The molecule has 0 aliphatic carbocycles. The Morgan fingerprint density at radius 2 is 1.71 bits per heavy atom. The van der Waals surface area contributed by atoms with Crippen molar-refractivity contribution in [2.45, 2.75) is 37.6 Å². The van der Waals surface area contributed by atoms with Gasteiger partial charge in [0, 0.05) is 67.8 Å². The highest BCUT2D eigenvalue weighted by atomic mass is 35.5. The van der Waals surface area contributed by atoms with E-state index in [1.165, 1.54) is 7.11 Å². The van der Waals surface area contributed by atoms with Gasteiger partial charge in [0.2, 0.25) is 0 Å². The maximum Gasteiger partial charge on any atom is 0.319 e. The van der Waals surface area contributed by atoms with Crippen LogP contribution in [-0.2, 0) is 4.84 Å². The minimum Gasteiger partial charge on any atom is -0.399 e. The third-order valence-electron chi connectivity index (χ3n) is 8.01. The molecule has 8 nitrogen and oxygen atoms in total. The number of amides is 3. The summed E-state index contributed by atoms with van der Waals surface area (Å²) >= 11 is 25.0. The van der Waals surface area contributed by atoms with Gasteiger partial charge in [0.25, 0.3) is 5.91 Å². The van der Waals surface area contributed by atoms with E-state index in [-0.39, 0.29) is 30.4 Å². The molecule has 0 aromatic heterocycles. The van der Waals surface area contributed by atoms with Crippen LogP contribution in [0.2, 0.25) is 20.1 Å². The molecule has 0 bridgehead atoms. The molecule has 2 saturated heterocycles. The number of oxime groups is 1. The number of carbonyl (C=O) groups excluding carboxylic acids is 2. The molecule has 2 aliphatic rings. The number of urea groups is 1. The summed E-state index contributed by atoms with van der Waals surface area (Å²) in [6, 6.07) is 10.7. The molecular weight excluding hydrogens is 620 g/mol. The molecule has 2 aromatic carbocycles. The Labute approximate surface area is 268 Å². The Morgan fingerprint density at radius 3 is 2.36 bits per heavy atom. The minimum absolute atomic E-state index is 0.138. The van der Waals surface area contributed by atoms with Crippen LogP contribution in [0, 0.1) is 0 Å². The Hall–Kier alpha value is -2.23. The second-order valence-electron chi connectivity index (χ2n) is 10.9. The van der Waals surface area contributed by atoms with Crippen LogP contribution < -0.4 is 0 Å². The number of hydrogen-bond donors (Lipinski definition) is 0. The van der Waals surface area contributed by atoms with Gasteiger partial charge in [0.05, 0.1) is 22.3 Å². The van der Waals surface area contributed by atoms with Gasteiger partial charge in [-0.15, -0.1) is 0 Å². The van der Waals surface area contributed by atoms with Crippen molar-refractivity contribution in [1.29, 1.82) is 0 Å². The predicted octanol–water partition coefficient (Wildman–Crippen LogP) is 6.77. The summed E-state index contributed by atoms with van der Waals surface area (Å²) in [5.74, 6) is -0.427. The monoisotopic (exact) mass is 655 g/mol. The minimum atomic E-state index is -0.240. The summed E-state index contributed by atoms with van der Waals surface area (Å²) in [6.45, 7) is 4.47. The van der Waals surface area contributed by atoms with Crippen molar-refractivity contribution in [3.63, 3.8) is 0 Å². The van der Waals surface area contributed by atoms with Crippen LogP contribution in [-0.4, -0.2) is 104 Å². The number of piperidine rings is 1. The number of benzene rings is 2. The quantitative estimate of drug-likeness (QED) is 0.209. The molecule has 2 aromatic rings. The van der Waals surface area contributed by atoms with Gasteiger partial charge in [-0.25, -0.2) is 4.79 Å². The van der Waals surface area contributed by atoms with Crippen LogP contribution in [0.1, 0.15) is 47.5 Å². The zero-order valence-electron chi connectivity index (χ0n) is 24.2. The molecule has 3 amide bonds. The van der Waals surface area contributed by atoms with E-state index in [0.29, 0.717) is 31.4 Å². The van der Waals surface area contributed by atoms with Crippen LogP contribution in [0.15, 0.2) is 41.6 Å². The Kier molecular flexibility index (Phi) is 11.7. The number of rotatable bonds is 10. The third kappa shape index (κ3) is 8.23. The molecule has 0 spiro atoms. The van der Waals surface area contributed by atoms with Gasteiger partial charge in [-0.1, -0.05) is 57.6 Å². The SMILES string of the molecule is CO/N=C(/CN(C)C(=O)c1cc(Cl)cc(Cl)c1)[C@H](CCN1CCC(N2CCCN(C)C2=O)CC1)c1ccc(Cl)c(Cl)c1. The highest BCUT2D eigenvalue weighted by molar-refractivity contribution is 6.42. The number of halogens is 4. The van der Waals surface area contributed by atoms with Crippen LogP contribution >= 0.6 is 46.4 Å². The van der Waals surface area contributed by atoms with Crippen molar-refractivity contribution >= 4 is 64.1 Å². The molecule has 0 N–H and O–H groups in total. The van der Waals surface area contributed by atoms with E-state index in [1.807, 2.05) is 29.0 Å². The molecule has 4 rings (SSSR count). The second kappa shape index (κ2) is 15.0. The number of carbonyl (C=O) groups is 2. The molecule has 228 valence electrons. The molecule has 2 aliphatic heterocycles. The van der Waals surface area contributed by atoms with Crippen LogP contribution in [0.4, 0.5) is 4.79 Å². The van der Waals surface area contributed by atoms with E-state index in [4.69, 9.17) is 51.2 Å². The van der Waals surface area contributed by atoms with Gasteiger partial charge >= 0.3 is 6.03 Å². The molecule has 12 heteroatoms. The van der Waals surface area contributed by atoms with E-state index < -0.39 is 0 Å². The average Bonchev–Trinajstić information content (AvgIpc) is 2.96. The fourth-order valence-corrected chi connectivity index (χ4v) is 6.61.